The van der Waals surface area contributed by atoms with Crippen LogP contribution in [0.3, 0.4) is 0 Å². The first-order valence-electron chi connectivity index (χ1n) is 5.54. The zero-order valence-corrected chi connectivity index (χ0v) is 11.0. The summed E-state index contributed by atoms with van der Waals surface area (Å²) in [5, 5.41) is 2.14. The second-order valence-electron chi connectivity index (χ2n) is 3.57. The second kappa shape index (κ2) is 6.06. The number of benzene rings is 1. The van der Waals surface area contributed by atoms with Crippen LogP contribution in [0, 0.1) is 0 Å². The standard InChI is InChI=1S/C13H15NS2/c1-2-3-9-15-13-14-12(10-16-13)11-7-5-4-6-8-11/h4-8,10H,2-3,9H2,1H3. The molecule has 0 radical (unpaired) electrons. The molecule has 1 aromatic heterocycles. The van der Waals surface area contributed by atoms with E-state index in [9.17, 15) is 0 Å². The summed E-state index contributed by atoms with van der Waals surface area (Å²) in [5.74, 6) is 1.18. The lowest BCUT2D eigenvalue weighted by atomic mass is 10.2. The quantitative estimate of drug-likeness (QED) is 0.562. The number of unbranched alkanes of at least 4 members (excludes halogenated alkanes) is 1. The summed E-state index contributed by atoms with van der Waals surface area (Å²) in [5.41, 5.74) is 2.31. The average molecular weight is 249 g/mol. The van der Waals surface area contributed by atoms with Crippen LogP contribution >= 0.6 is 23.1 Å². The van der Waals surface area contributed by atoms with E-state index >= 15 is 0 Å². The van der Waals surface area contributed by atoms with Crippen LogP contribution in [-0.4, -0.2) is 10.7 Å². The molecule has 0 amide bonds. The molecule has 0 aliphatic rings. The Morgan fingerprint density at radius 3 is 2.81 bits per heavy atom. The van der Waals surface area contributed by atoms with E-state index in [1.165, 1.54) is 28.5 Å². The van der Waals surface area contributed by atoms with Gasteiger partial charge >= 0.3 is 0 Å². The summed E-state index contributed by atoms with van der Waals surface area (Å²) in [7, 11) is 0. The Hall–Kier alpha value is -0.800. The van der Waals surface area contributed by atoms with Crippen molar-refractivity contribution in [3.05, 3.63) is 35.7 Å². The van der Waals surface area contributed by atoms with Crippen LogP contribution < -0.4 is 0 Å². The Morgan fingerprint density at radius 1 is 1.25 bits per heavy atom. The molecule has 2 rings (SSSR count). The topological polar surface area (TPSA) is 12.9 Å². The van der Waals surface area contributed by atoms with Crippen LogP contribution in [0.5, 0.6) is 0 Å². The highest BCUT2D eigenvalue weighted by Crippen LogP contribution is 2.28. The maximum absolute atomic E-state index is 4.63. The molecule has 84 valence electrons. The molecule has 0 saturated heterocycles. The molecule has 1 aromatic carbocycles. The number of thiazole rings is 1. The molecule has 0 saturated carbocycles. The van der Waals surface area contributed by atoms with Gasteiger partial charge in [0.1, 0.15) is 0 Å². The van der Waals surface area contributed by atoms with E-state index in [0.717, 1.165) is 5.69 Å². The van der Waals surface area contributed by atoms with Crippen LogP contribution in [0.4, 0.5) is 0 Å². The van der Waals surface area contributed by atoms with Crippen LogP contribution in [0.2, 0.25) is 0 Å². The van der Waals surface area contributed by atoms with Crippen molar-refractivity contribution in [3.63, 3.8) is 0 Å². The summed E-state index contributed by atoms with van der Waals surface area (Å²) < 4.78 is 1.19. The monoisotopic (exact) mass is 249 g/mol. The van der Waals surface area contributed by atoms with E-state index in [-0.39, 0.29) is 0 Å². The lowest BCUT2D eigenvalue weighted by Gasteiger charge is -1.95. The molecule has 0 fully saturated rings. The molecule has 1 nitrogen and oxygen atoms in total. The van der Waals surface area contributed by atoms with E-state index in [0.29, 0.717) is 0 Å². The highest BCUT2D eigenvalue weighted by molar-refractivity contribution is 8.01. The van der Waals surface area contributed by atoms with Gasteiger partial charge in [-0.2, -0.15) is 0 Å². The zero-order valence-electron chi connectivity index (χ0n) is 9.35. The van der Waals surface area contributed by atoms with Crippen LogP contribution in [0.15, 0.2) is 40.1 Å². The third-order valence-electron chi connectivity index (χ3n) is 2.28. The minimum Gasteiger partial charge on any atom is -0.230 e. The van der Waals surface area contributed by atoms with Crippen LogP contribution in [0.25, 0.3) is 11.3 Å². The first kappa shape index (κ1) is 11.7. The maximum atomic E-state index is 4.63. The van der Waals surface area contributed by atoms with Crippen molar-refractivity contribution >= 4 is 23.1 Å². The Labute approximate surface area is 105 Å². The third-order valence-corrected chi connectivity index (χ3v) is 4.38. The molecular weight excluding hydrogens is 234 g/mol. The molecule has 0 N–H and O–H groups in total. The fourth-order valence-corrected chi connectivity index (χ4v) is 3.36. The Morgan fingerprint density at radius 2 is 2.06 bits per heavy atom. The van der Waals surface area contributed by atoms with E-state index in [1.54, 1.807) is 11.3 Å². The number of hydrogen-bond donors (Lipinski definition) is 0. The first-order chi connectivity index (χ1) is 7.90. The number of hydrogen-bond acceptors (Lipinski definition) is 3. The lowest BCUT2D eigenvalue weighted by Crippen LogP contribution is -1.79. The summed E-state index contributed by atoms with van der Waals surface area (Å²) in [6, 6.07) is 10.4. The molecule has 0 spiro atoms. The van der Waals surface area contributed by atoms with Gasteiger partial charge in [0.15, 0.2) is 4.34 Å². The molecule has 2 aromatic rings. The van der Waals surface area contributed by atoms with Gasteiger partial charge in [-0.25, -0.2) is 4.98 Å². The summed E-state index contributed by atoms with van der Waals surface area (Å²) in [6.45, 7) is 2.22. The molecule has 0 bridgehead atoms. The van der Waals surface area contributed by atoms with Crippen molar-refractivity contribution in [1.82, 2.24) is 4.98 Å². The zero-order chi connectivity index (χ0) is 11.2. The number of rotatable bonds is 5. The summed E-state index contributed by atoms with van der Waals surface area (Å²) in [4.78, 5) is 4.63. The molecule has 3 heteroatoms. The van der Waals surface area contributed by atoms with Gasteiger partial charge in [-0.3, -0.25) is 0 Å². The van der Waals surface area contributed by atoms with Crippen molar-refractivity contribution in [1.29, 1.82) is 0 Å². The van der Waals surface area contributed by atoms with Crippen LogP contribution in [-0.2, 0) is 0 Å². The molecule has 0 atom stereocenters. The number of thioether (sulfide) groups is 1. The van der Waals surface area contributed by atoms with E-state index in [1.807, 2.05) is 17.8 Å². The molecule has 0 aliphatic heterocycles. The third kappa shape index (κ3) is 3.09. The lowest BCUT2D eigenvalue weighted by molar-refractivity contribution is 0.896. The molecule has 0 unspecified atom stereocenters. The Balaban J connectivity index is 2.02. The van der Waals surface area contributed by atoms with E-state index < -0.39 is 0 Å². The van der Waals surface area contributed by atoms with Crippen molar-refractivity contribution in [3.8, 4) is 11.3 Å². The Kier molecular flexibility index (Phi) is 4.43. The van der Waals surface area contributed by atoms with Crippen molar-refractivity contribution < 1.29 is 0 Å². The molecule has 0 aliphatic carbocycles. The number of aromatic nitrogens is 1. The highest BCUT2D eigenvalue weighted by Gasteiger charge is 2.03. The van der Waals surface area contributed by atoms with Gasteiger partial charge in [0.05, 0.1) is 5.69 Å². The smallest absolute Gasteiger partial charge is 0.150 e. The summed E-state index contributed by atoms with van der Waals surface area (Å²) in [6.07, 6.45) is 2.52. The van der Waals surface area contributed by atoms with Gasteiger partial charge in [-0.15, -0.1) is 11.3 Å². The second-order valence-corrected chi connectivity index (χ2v) is 5.77. The predicted octanol–water partition coefficient (Wildman–Crippen LogP) is 4.70. The van der Waals surface area contributed by atoms with E-state index in [2.05, 4.69) is 41.6 Å². The van der Waals surface area contributed by atoms with Crippen molar-refractivity contribution in [2.24, 2.45) is 0 Å². The highest BCUT2D eigenvalue weighted by atomic mass is 32.2. The summed E-state index contributed by atoms with van der Waals surface area (Å²) >= 11 is 3.61. The van der Waals surface area contributed by atoms with Gasteiger partial charge in [-0.1, -0.05) is 55.4 Å². The van der Waals surface area contributed by atoms with E-state index in [4.69, 9.17) is 0 Å². The largest absolute Gasteiger partial charge is 0.230 e. The minimum absolute atomic E-state index is 1.10. The molecule has 16 heavy (non-hydrogen) atoms. The van der Waals surface area contributed by atoms with Crippen LogP contribution in [0.1, 0.15) is 19.8 Å². The Bertz CT molecular complexity index is 423. The number of nitrogens with zero attached hydrogens (tertiary/aromatic N) is 1. The van der Waals surface area contributed by atoms with Gasteiger partial charge in [0.2, 0.25) is 0 Å². The average Bonchev–Trinajstić information content (AvgIpc) is 2.79. The van der Waals surface area contributed by atoms with Gasteiger partial charge < -0.3 is 0 Å². The minimum atomic E-state index is 1.10. The van der Waals surface area contributed by atoms with Crippen molar-refractivity contribution in [2.45, 2.75) is 24.1 Å². The predicted molar refractivity (Wildman–Crippen MR) is 73.2 cm³/mol. The van der Waals surface area contributed by atoms with Crippen molar-refractivity contribution in [2.75, 3.05) is 5.75 Å². The maximum Gasteiger partial charge on any atom is 0.150 e. The fraction of sp³-hybridized carbons (Fsp3) is 0.308. The SMILES string of the molecule is CCCCSc1nc(-c2ccccc2)cs1. The normalized spacial score (nSPS) is 10.6. The molecular formula is C13H15NS2. The molecule has 1 heterocycles. The van der Waals surface area contributed by atoms with Gasteiger partial charge in [0, 0.05) is 16.7 Å². The van der Waals surface area contributed by atoms with Gasteiger partial charge in [-0.05, 0) is 6.42 Å². The van der Waals surface area contributed by atoms with Gasteiger partial charge in [0.25, 0.3) is 0 Å². The first-order valence-corrected chi connectivity index (χ1v) is 7.40. The fourth-order valence-electron chi connectivity index (χ4n) is 1.37.